The number of nitrogens with zero attached hydrogens (tertiary/aromatic N) is 2. The third-order valence-corrected chi connectivity index (χ3v) is 4.04. The molecule has 0 saturated heterocycles. The van der Waals surface area contributed by atoms with Gasteiger partial charge in [0.15, 0.2) is 0 Å². The summed E-state index contributed by atoms with van der Waals surface area (Å²) in [4.78, 5) is 9.00. The Hall–Kier alpha value is -2.79. The van der Waals surface area contributed by atoms with Gasteiger partial charge in [-0.15, -0.1) is 0 Å². The van der Waals surface area contributed by atoms with Crippen LogP contribution < -0.4 is 15.4 Å². The fourth-order valence-corrected chi connectivity index (χ4v) is 2.71. The van der Waals surface area contributed by atoms with Gasteiger partial charge in [-0.1, -0.05) is 23.7 Å². The van der Waals surface area contributed by atoms with E-state index >= 15 is 0 Å². The fraction of sp³-hybridized carbons (Fsp3) is 0.273. The molecular weight excluding hydrogens is 372 g/mol. The second-order valence-corrected chi connectivity index (χ2v) is 8.09. The number of ether oxygens (including phenoxy) is 1. The molecule has 2 aromatic carbocycles. The van der Waals surface area contributed by atoms with Gasteiger partial charge in [0.25, 0.3) is 0 Å². The molecule has 3 rings (SSSR count). The van der Waals surface area contributed by atoms with Gasteiger partial charge in [-0.2, -0.15) is 4.98 Å². The van der Waals surface area contributed by atoms with Gasteiger partial charge in [-0.25, -0.2) is 4.98 Å². The monoisotopic (exact) mass is 396 g/mol. The second-order valence-electron chi connectivity index (χ2n) is 7.66. The lowest BCUT2D eigenvalue weighted by molar-refractivity contribution is 0.306. The molecule has 0 unspecified atom stereocenters. The van der Waals surface area contributed by atoms with Crippen LogP contribution in [-0.4, -0.2) is 15.5 Å². The van der Waals surface area contributed by atoms with E-state index in [4.69, 9.17) is 16.3 Å². The van der Waals surface area contributed by atoms with E-state index in [-0.39, 0.29) is 5.54 Å². The molecule has 1 aromatic heterocycles. The third kappa shape index (κ3) is 6.13. The topological polar surface area (TPSA) is 59.1 Å². The summed E-state index contributed by atoms with van der Waals surface area (Å²) in [6.45, 7) is 8.74. The third-order valence-electron chi connectivity index (χ3n) is 3.79. The molecule has 0 bridgehead atoms. The molecule has 1 heterocycles. The van der Waals surface area contributed by atoms with E-state index in [1.54, 1.807) is 0 Å². The van der Waals surface area contributed by atoms with Crippen molar-refractivity contribution in [2.24, 2.45) is 0 Å². The Kier molecular flexibility index (Phi) is 6.05. The van der Waals surface area contributed by atoms with Crippen molar-refractivity contribution in [3.05, 3.63) is 70.9 Å². The molecule has 0 aliphatic heterocycles. The Morgan fingerprint density at radius 1 is 0.964 bits per heavy atom. The molecule has 0 radical (unpaired) electrons. The highest BCUT2D eigenvalue weighted by atomic mass is 35.5. The van der Waals surface area contributed by atoms with E-state index < -0.39 is 0 Å². The van der Waals surface area contributed by atoms with Crippen molar-refractivity contribution in [3.8, 4) is 5.75 Å². The van der Waals surface area contributed by atoms with Gasteiger partial charge in [0, 0.05) is 28.0 Å². The first-order chi connectivity index (χ1) is 13.3. The number of hydrogen-bond donors (Lipinski definition) is 2. The Bertz CT molecular complexity index is 919. The van der Waals surface area contributed by atoms with Gasteiger partial charge in [-0.05, 0) is 69.7 Å². The van der Waals surface area contributed by atoms with Crippen LogP contribution in [0.15, 0.2) is 54.6 Å². The summed E-state index contributed by atoms with van der Waals surface area (Å²) in [5, 5.41) is 7.34. The number of halogens is 1. The first-order valence-electron chi connectivity index (χ1n) is 9.15. The van der Waals surface area contributed by atoms with Gasteiger partial charge in [0.2, 0.25) is 5.95 Å². The van der Waals surface area contributed by atoms with Gasteiger partial charge in [0.1, 0.15) is 18.2 Å². The van der Waals surface area contributed by atoms with E-state index in [1.165, 1.54) is 0 Å². The minimum atomic E-state index is -0.0683. The molecule has 0 spiro atoms. The number of aromatic nitrogens is 2. The standard InChI is InChI=1S/C22H25ClN4O/c1-15-13-20(27-22(2,3)4)26-21(24-15)25-18-9-11-19(12-10-18)28-14-16-5-7-17(23)8-6-16/h5-13H,14H2,1-4H3,(H2,24,25,26,27). The lowest BCUT2D eigenvalue weighted by Crippen LogP contribution is -2.27. The van der Waals surface area contributed by atoms with Crippen LogP contribution in [0.3, 0.4) is 0 Å². The highest BCUT2D eigenvalue weighted by molar-refractivity contribution is 6.30. The number of aryl methyl sites for hydroxylation is 1. The zero-order valence-electron chi connectivity index (χ0n) is 16.6. The molecule has 146 valence electrons. The van der Waals surface area contributed by atoms with Crippen LogP contribution in [0.2, 0.25) is 5.02 Å². The number of hydrogen-bond acceptors (Lipinski definition) is 5. The molecule has 2 N–H and O–H groups in total. The van der Waals surface area contributed by atoms with Crippen molar-refractivity contribution in [1.29, 1.82) is 0 Å². The minimum absolute atomic E-state index is 0.0683. The van der Waals surface area contributed by atoms with Crippen molar-refractivity contribution < 1.29 is 4.74 Å². The number of rotatable bonds is 6. The summed E-state index contributed by atoms with van der Waals surface area (Å²) >= 11 is 5.90. The maximum atomic E-state index is 5.90. The molecule has 0 fully saturated rings. The molecule has 0 aliphatic rings. The molecule has 5 nitrogen and oxygen atoms in total. The Morgan fingerprint density at radius 3 is 2.29 bits per heavy atom. The van der Waals surface area contributed by atoms with Crippen molar-refractivity contribution >= 4 is 29.1 Å². The predicted octanol–water partition coefficient (Wildman–Crippen LogP) is 5.97. The highest BCUT2D eigenvalue weighted by Crippen LogP contribution is 2.21. The predicted molar refractivity (Wildman–Crippen MR) is 116 cm³/mol. The Balaban J connectivity index is 1.63. The molecule has 28 heavy (non-hydrogen) atoms. The summed E-state index contributed by atoms with van der Waals surface area (Å²) in [7, 11) is 0. The SMILES string of the molecule is Cc1cc(NC(C)(C)C)nc(Nc2ccc(OCc3ccc(Cl)cc3)cc2)n1. The summed E-state index contributed by atoms with van der Waals surface area (Å²) < 4.78 is 5.82. The average molecular weight is 397 g/mol. The number of nitrogens with one attached hydrogen (secondary N) is 2. The fourth-order valence-electron chi connectivity index (χ4n) is 2.58. The van der Waals surface area contributed by atoms with Crippen molar-refractivity contribution in [2.45, 2.75) is 39.8 Å². The van der Waals surface area contributed by atoms with E-state index in [9.17, 15) is 0 Å². The lowest BCUT2D eigenvalue weighted by Gasteiger charge is -2.21. The lowest BCUT2D eigenvalue weighted by atomic mass is 10.1. The van der Waals surface area contributed by atoms with Gasteiger partial charge < -0.3 is 15.4 Å². The maximum absolute atomic E-state index is 5.90. The van der Waals surface area contributed by atoms with Crippen LogP contribution in [0.4, 0.5) is 17.5 Å². The summed E-state index contributed by atoms with van der Waals surface area (Å²) in [6.07, 6.45) is 0. The number of benzene rings is 2. The van der Waals surface area contributed by atoms with Crippen LogP contribution in [0, 0.1) is 6.92 Å². The van der Waals surface area contributed by atoms with Crippen molar-refractivity contribution in [3.63, 3.8) is 0 Å². The minimum Gasteiger partial charge on any atom is -0.489 e. The first kappa shape index (κ1) is 20.0. The normalized spacial score (nSPS) is 11.2. The van der Waals surface area contributed by atoms with Crippen LogP contribution >= 0.6 is 11.6 Å². The van der Waals surface area contributed by atoms with E-state index in [0.29, 0.717) is 12.6 Å². The molecular formula is C22H25ClN4O. The summed E-state index contributed by atoms with van der Waals surface area (Å²) in [6, 6.07) is 17.3. The van der Waals surface area contributed by atoms with E-state index in [1.807, 2.05) is 61.5 Å². The van der Waals surface area contributed by atoms with Gasteiger partial charge in [-0.3, -0.25) is 0 Å². The molecule has 0 atom stereocenters. The smallest absolute Gasteiger partial charge is 0.229 e. The van der Waals surface area contributed by atoms with Gasteiger partial charge >= 0.3 is 0 Å². The molecule has 0 saturated carbocycles. The Morgan fingerprint density at radius 2 is 1.64 bits per heavy atom. The van der Waals surface area contributed by atoms with Crippen LogP contribution in [0.5, 0.6) is 5.75 Å². The van der Waals surface area contributed by atoms with Gasteiger partial charge in [0.05, 0.1) is 0 Å². The zero-order valence-corrected chi connectivity index (χ0v) is 17.3. The highest BCUT2D eigenvalue weighted by Gasteiger charge is 2.11. The molecule has 0 amide bonds. The molecule has 3 aromatic rings. The molecule has 0 aliphatic carbocycles. The zero-order chi connectivity index (χ0) is 20.1. The van der Waals surface area contributed by atoms with Crippen molar-refractivity contribution in [2.75, 3.05) is 10.6 Å². The number of anilines is 3. The first-order valence-corrected chi connectivity index (χ1v) is 9.53. The van der Waals surface area contributed by atoms with Crippen LogP contribution in [0.1, 0.15) is 32.0 Å². The van der Waals surface area contributed by atoms with E-state index in [2.05, 4.69) is 41.4 Å². The van der Waals surface area contributed by atoms with E-state index in [0.717, 1.165) is 33.5 Å². The largest absolute Gasteiger partial charge is 0.489 e. The quantitative estimate of drug-likeness (QED) is 0.537. The second kappa shape index (κ2) is 8.48. The molecule has 6 heteroatoms. The summed E-state index contributed by atoms with van der Waals surface area (Å²) in [5.74, 6) is 2.15. The van der Waals surface area contributed by atoms with Crippen LogP contribution in [0.25, 0.3) is 0 Å². The average Bonchev–Trinajstić information content (AvgIpc) is 2.60. The van der Waals surface area contributed by atoms with Crippen molar-refractivity contribution in [1.82, 2.24) is 9.97 Å². The summed E-state index contributed by atoms with van der Waals surface area (Å²) in [5.41, 5.74) is 2.79. The van der Waals surface area contributed by atoms with Crippen LogP contribution in [-0.2, 0) is 6.61 Å². The Labute approximate surface area is 171 Å². The maximum Gasteiger partial charge on any atom is 0.229 e.